The molecule has 0 N–H and O–H groups in total. The molecule has 0 unspecified atom stereocenters. The van der Waals surface area contributed by atoms with Crippen LogP contribution in [0.3, 0.4) is 0 Å². The molecule has 1 fully saturated rings. The summed E-state index contributed by atoms with van der Waals surface area (Å²) in [6.07, 6.45) is -0.302. The molecule has 1 aliphatic rings. The Morgan fingerprint density at radius 1 is 1.47 bits per heavy atom. The van der Waals surface area contributed by atoms with Gasteiger partial charge in [0.2, 0.25) is 0 Å². The van der Waals surface area contributed by atoms with Gasteiger partial charge >= 0.3 is 6.09 Å². The van der Waals surface area contributed by atoms with Gasteiger partial charge in [-0.05, 0) is 18.1 Å². The van der Waals surface area contributed by atoms with Crippen molar-refractivity contribution < 1.29 is 9.53 Å². The Bertz CT molecular complexity index is 377. The molecular weight excluding hydrogens is 192 g/mol. The Hall–Kier alpha value is -1.58. The van der Waals surface area contributed by atoms with Crippen molar-refractivity contribution in [1.82, 2.24) is 4.98 Å². The predicted molar refractivity (Wildman–Crippen MR) is 57.0 cm³/mol. The molecule has 1 amide bonds. The summed E-state index contributed by atoms with van der Waals surface area (Å²) in [4.78, 5) is 17.3. The maximum absolute atomic E-state index is 11.3. The fraction of sp³-hybridized carbons (Fsp3) is 0.455. The van der Waals surface area contributed by atoms with Gasteiger partial charge in [0, 0.05) is 5.69 Å². The average Bonchev–Trinajstić information content (AvgIpc) is 2.64. The van der Waals surface area contributed by atoms with Crippen LogP contribution >= 0.6 is 0 Å². The van der Waals surface area contributed by atoms with Crippen LogP contribution in [-0.4, -0.2) is 24.2 Å². The van der Waals surface area contributed by atoms with Gasteiger partial charge in [-0.1, -0.05) is 19.9 Å². The quantitative estimate of drug-likeness (QED) is 0.744. The van der Waals surface area contributed by atoms with Crippen LogP contribution < -0.4 is 4.90 Å². The van der Waals surface area contributed by atoms with Gasteiger partial charge in [-0.25, -0.2) is 9.78 Å². The largest absolute Gasteiger partial charge is 0.447 e. The maximum Gasteiger partial charge on any atom is 0.415 e. The van der Waals surface area contributed by atoms with Crippen LogP contribution in [0, 0.1) is 0 Å². The number of ether oxygens (including phenoxy) is 1. The molecule has 15 heavy (non-hydrogen) atoms. The van der Waals surface area contributed by atoms with Crippen molar-refractivity contribution in [2.75, 3.05) is 18.1 Å². The van der Waals surface area contributed by atoms with E-state index in [4.69, 9.17) is 4.74 Å². The summed E-state index contributed by atoms with van der Waals surface area (Å²) >= 11 is 0. The lowest BCUT2D eigenvalue weighted by atomic mass is 10.1. The zero-order valence-electron chi connectivity index (χ0n) is 8.93. The lowest BCUT2D eigenvalue weighted by Crippen LogP contribution is -2.24. The molecule has 80 valence electrons. The Morgan fingerprint density at radius 2 is 2.27 bits per heavy atom. The van der Waals surface area contributed by atoms with E-state index in [-0.39, 0.29) is 6.09 Å². The van der Waals surface area contributed by atoms with E-state index in [1.807, 2.05) is 18.2 Å². The highest BCUT2D eigenvalue weighted by Crippen LogP contribution is 2.19. The Balaban J connectivity index is 2.28. The number of hydrogen-bond donors (Lipinski definition) is 0. The highest BCUT2D eigenvalue weighted by molar-refractivity contribution is 5.88. The van der Waals surface area contributed by atoms with Gasteiger partial charge in [-0.2, -0.15) is 0 Å². The highest BCUT2D eigenvalue weighted by Gasteiger charge is 2.24. The monoisotopic (exact) mass is 206 g/mol. The molecule has 0 spiro atoms. The van der Waals surface area contributed by atoms with E-state index in [0.717, 1.165) is 5.69 Å². The number of rotatable bonds is 2. The number of anilines is 1. The number of pyridine rings is 1. The second-order valence-electron chi connectivity index (χ2n) is 3.84. The summed E-state index contributed by atoms with van der Waals surface area (Å²) in [7, 11) is 0. The van der Waals surface area contributed by atoms with Crippen LogP contribution in [0.25, 0.3) is 0 Å². The third-order valence-electron chi connectivity index (χ3n) is 2.38. The SMILES string of the molecule is CC(C)c1cccc(N2CCOC2=O)n1. The first-order valence-electron chi connectivity index (χ1n) is 5.09. The van der Waals surface area contributed by atoms with E-state index in [0.29, 0.717) is 24.9 Å². The molecule has 0 radical (unpaired) electrons. The van der Waals surface area contributed by atoms with Crippen molar-refractivity contribution in [2.24, 2.45) is 0 Å². The molecule has 2 rings (SSSR count). The normalized spacial score (nSPS) is 15.9. The van der Waals surface area contributed by atoms with Crippen molar-refractivity contribution in [3.05, 3.63) is 23.9 Å². The van der Waals surface area contributed by atoms with Crippen LogP contribution in [0.2, 0.25) is 0 Å². The molecule has 0 saturated carbocycles. The van der Waals surface area contributed by atoms with Crippen molar-refractivity contribution in [3.63, 3.8) is 0 Å². The summed E-state index contributed by atoms with van der Waals surface area (Å²) < 4.78 is 4.87. The summed E-state index contributed by atoms with van der Waals surface area (Å²) in [6.45, 7) is 5.20. The van der Waals surface area contributed by atoms with Crippen LogP contribution in [0.4, 0.5) is 10.6 Å². The van der Waals surface area contributed by atoms with Crippen LogP contribution in [0.5, 0.6) is 0 Å². The topological polar surface area (TPSA) is 42.4 Å². The molecule has 1 aromatic heterocycles. The van der Waals surface area contributed by atoms with Crippen molar-refractivity contribution in [1.29, 1.82) is 0 Å². The van der Waals surface area contributed by atoms with Gasteiger partial charge in [0.05, 0.1) is 6.54 Å². The maximum atomic E-state index is 11.3. The minimum Gasteiger partial charge on any atom is -0.447 e. The average molecular weight is 206 g/mol. The van der Waals surface area contributed by atoms with Crippen LogP contribution in [-0.2, 0) is 4.74 Å². The molecule has 2 heterocycles. The molecule has 0 aliphatic carbocycles. The van der Waals surface area contributed by atoms with Gasteiger partial charge in [-0.3, -0.25) is 4.90 Å². The minimum absolute atomic E-state index is 0.302. The summed E-state index contributed by atoms with van der Waals surface area (Å²) in [5.74, 6) is 1.05. The van der Waals surface area contributed by atoms with E-state index in [9.17, 15) is 4.79 Å². The first kappa shape index (κ1) is 9.96. The van der Waals surface area contributed by atoms with Crippen molar-refractivity contribution in [3.8, 4) is 0 Å². The molecule has 1 aromatic rings. The van der Waals surface area contributed by atoms with Gasteiger partial charge in [-0.15, -0.1) is 0 Å². The predicted octanol–water partition coefficient (Wildman–Crippen LogP) is 2.16. The number of carbonyl (C=O) groups is 1. The number of aromatic nitrogens is 1. The van der Waals surface area contributed by atoms with Crippen LogP contribution in [0.15, 0.2) is 18.2 Å². The summed E-state index contributed by atoms with van der Waals surface area (Å²) in [5, 5.41) is 0. The summed E-state index contributed by atoms with van der Waals surface area (Å²) in [6, 6.07) is 5.72. The summed E-state index contributed by atoms with van der Waals surface area (Å²) in [5.41, 5.74) is 0.993. The van der Waals surface area contributed by atoms with Gasteiger partial charge in [0.1, 0.15) is 12.4 Å². The van der Waals surface area contributed by atoms with Gasteiger partial charge in [0.15, 0.2) is 0 Å². The fourth-order valence-electron chi connectivity index (χ4n) is 1.51. The molecule has 0 atom stereocenters. The van der Waals surface area contributed by atoms with E-state index in [1.54, 1.807) is 4.90 Å². The standard InChI is InChI=1S/C11H14N2O2/c1-8(2)9-4-3-5-10(12-9)13-6-7-15-11(13)14/h3-5,8H,6-7H2,1-2H3. The molecule has 0 aromatic carbocycles. The number of carbonyl (C=O) groups excluding carboxylic acids is 1. The van der Waals surface area contributed by atoms with E-state index in [2.05, 4.69) is 18.8 Å². The third kappa shape index (κ3) is 1.93. The number of nitrogens with zero attached hydrogens (tertiary/aromatic N) is 2. The molecular formula is C11H14N2O2. The Kier molecular flexibility index (Phi) is 2.58. The van der Waals surface area contributed by atoms with E-state index in [1.165, 1.54) is 0 Å². The number of amides is 1. The minimum atomic E-state index is -0.302. The molecule has 0 bridgehead atoms. The zero-order valence-corrected chi connectivity index (χ0v) is 8.93. The Morgan fingerprint density at radius 3 is 2.87 bits per heavy atom. The highest BCUT2D eigenvalue weighted by atomic mass is 16.6. The van der Waals surface area contributed by atoms with E-state index < -0.39 is 0 Å². The molecule has 4 nitrogen and oxygen atoms in total. The fourth-order valence-corrected chi connectivity index (χ4v) is 1.51. The lowest BCUT2D eigenvalue weighted by molar-refractivity contribution is 0.181. The molecule has 4 heteroatoms. The Labute approximate surface area is 88.9 Å². The second kappa shape index (κ2) is 3.88. The second-order valence-corrected chi connectivity index (χ2v) is 3.84. The van der Waals surface area contributed by atoms with Crippen molar-refractivity contribution in [2.45, 2.75) is 19.8 Å². The zero-order chi connectivity index (χ0) is 10.8. The third-order valence-corrected chi connectivity index (χ3v) is 2.38. The number of hydrogen-bond acceptors (Lipinski definition) is 3. The van der Waals surface area contributed by atoms with Crippen molar-refractivity contribution >= 4 is 11.9 Å². The molecule has 1 aliphatic heterocycles. The lowest BCUT2D eigenvalue weighted by Gasteiger charge is -2.13. The first-order valence-corrected chi connectivity index (χ1v) is 5.09. The van der Waals surface area contributed by atoms with Gasteiger partial charge in [0.25, 0.3) is 0 Å². The van der Waals surface area contributed by atoms with Crippen LogP contribution in [0.1, 0.15) is 25.5 Å². The van der Waals surface area contributed by atoms with E-state index >= 15 is 0 Å². The smallest absolute Gasteiger partial charge is 0.415 e. The van der Waals surface area contributed by atoms with Gasteiger partial charge < -0.3 is 4.74 Å². The first-order chi connectivity index (χ1) is 7.18. The number of cyclic esters (lactones) is 1. The molecule has 1 saturated heterocycles.